The first-order valence-corrected chi connectivity index (χ1v) is 7.98. The summed E-state index contributed by atoms with van der Waals surface area (Å²) >= 11 is 2.30. The van der Waals surface area contributed by atoms with Crippen molar-refractivity contribution in [1.29, 1.82) is 0 Å². The number of oxazole rings is 1. The van der Waals surface area contributed by atoms with E-state index >= 15 is 0 Å². The number of aromatic nitrogens is 1. The SMILES string of the molecule is Cc1oc(-c2ccc(-c3ccccc3)cc2)nc1CI. The van der Waals surface area contributed by atoms with E-state index in [9.17, 15) is 0 Å². The average Bonchev–Trinajstić information content (AvgIpc) is 2.89. The molecule has 0 amide bonds. The smallest absolute Gasteiger partial charge is 0.226 e. The van der Waals surface area contributed by atoms with E-state index in [1.54, 1.807) is 0 Å². The van der Waals surface area contributed by atoms with Crippen LogP contribution in [0, 0.1) is 6.92 Å². The molecule has 0 unspecified atom stereocenters. The molecule has 0 saturated heterocycles. The predicted octanol–water partition coefficient (Wildman–Crippen LogP) is 5.25. The zero-order valence-electron chi connectivity index (χ0n) is 11.1. The molecule has 0 bridgehead atoms. The van der Waals surface area contributed by atoms with Gasteiger partial charge in [0.1, 0.15) is 5.76 Å². The van der Waals surface area contributed by atoms with E-state index in [1.807, 2.05) is 25.1 Å². The van der Waals surface area contributed by atoms with Gasteiger partial charge in [0.2, 0.25) is 5.89 Å². The van der Waals surface area contributed by atoms with Crippen molar-refractivity contribution in [1.82, 2.24) is 4.98 Å². The summed E-state index contributed by atoms with van der Waals surface area (Å²) in [5, 5.41) is 0. The molecule has 0 fully saturated rings. The quantitative estimate of drug-likeness (QED) is 0.462. The standard InChI is InChI=1S/C17H14INO/c1-12-16(11-18)19-17(20-12)15-9-7-14(8-10-15)13-5-3-2-4-6-13/h2-10H,11H2,1H3. The summed E-state index contributed by atoms with van der Waals surface area (Å²) in [7, 11) is 0. The first-order chi connectivity index (χ1) is 9.78. The summed E-state index contributed by atoms with van der Waals surface area (Å²) in [6.45, 7) is 1.96. The Balaban J connectivity index is 1.93. The lowest BCUT2D eigenvalue weighted by Crippen LogP contribution is -1.82. The van der Waals surface area contributed by atoms with Gasteiger partial charge in [-0.25, -0.2) is 4.98 Å². The van der Waals surface area contributed by atoms with Crippen LogP contribution >= 0.6 is 22.6 Å². The second-order valence-electron chi connectivity index (χ2n) is 4.60. The monoisotopic (exact) mass is 375 g/mol. The molecule has 0 spiro atoms. The van der Waals surface area contributed by atoms with E-state index in [0.717, 1.165) is 21.4 Å². The normalized spacial score (nSPS) is 10.7. The number of alkyl halides is 1. The van der Waals surface area contributed by atoms with Gasteiger partial charge in [0.25, 0.3) is 0 Å². The van der Waals surface area contributed by atoms with Crippen LogP contribution < -0.4 is 0 Å². The van der Waals surface area contributed by atoms with Crippen LogP contribution in [0.25, 0.3) is 22.6 Å². The minimum Gasteiger partial charge on any atom is -0.441 e. The van der Waals surface area contributed by atoms with Crippen LogP contribution in [0.3, 0.4) is 0 Å². The third-order valence-electron chi connectivity index (χ3n) is 3.26. The number of aryl methyl sites for hydroxylation is 1. The summed E-state index contributed by atoms with van der Waals surface area (Å²) in [5.41, 5.74) is 4.46. The van der Waals surface area contributed by atoms with E-state index in [2.05, 4.69) is 64.0 Å². The van der Waals surface area contributed by atoms with E-state index in [-0.39, 0.29) is 0 Å². The lowest BCUT2D eigenvalue weighted by molar-refractivity contribution is 0.541. The van der Waals surface area contributed by atoms with Crippen molar-refractivity contribution in [3.8, 4) is 22.6 Å². The second-order valence-corrected chi connectivity index (χ2v) is 5.36. The van der Waals surface area contributed by atoms with Gasteiger partial charge in [0.05, 0.1) is 5.69 Å². The van der Waals surface area contributed by atoms with E-state index in [0.29, 0.717) is 5.89 Å². The highest BCUT2D eigenvalue weighted by molar-refractivity contribution is 14.1. The number of rotatable bonds is 3. The summed E-state index contributed by atoms with van der Waals surface area (Å²) in [5.74, 6) is 1.61. The van der Waals surface area contributed by atoms with Crippen LogP contribution in [-0.4, -0.2) is 4.98 Å². The maximum absolute atomic E-state index is 5.72. The van der Waals surface area contributed by atoms with Crippen molar-refractivity contribution >= 4 is 22.6 Å². The maximum atomic E-state index is 5.72. The maximum Gasteiger partial charge on any atom is 0.226 e. The Bertz CT molecular complexity index is 702. The van der Waals surface area contributed by atoms with Crippen molar-refractivity contribution in [3.05, 3.63) is 66.1 Å². The Kier molecular flexibility index (Phi) is 3.87. The fraction of sp³-hybridized carbons (Fsp3) is 0.118. The van der Waals surface area contributed by atoms with Gasteiger partial charge in [0.15, 0.2) is 0 Å². The molecule has 3 aromatic rings. The molecular weight excluding hydrogens is 361 g/mol. The predicted molar refractivity (Wildman–Crippen MR) is 89.8 cm³/mol. The minimum absolute atomic E-state index is 0.703. The van der Waals surface area contributed by atoms with Crippen molar-refractivity contribution < 1.29 is 4.42 Å². The molecule has 2 aromatic carbocycles. The van der Waals surface area contributed by atoms with Crippen LogP contribution in [0.2, 0.25) is 0 Å². The molecule has 1 heterocycles. The molecular formula is C17H14INO. The van der Waals surface area contributed by atoms with Crippen LogP contribution in [0.1, 0.15) is 11.5 Å². The highest BCUT2D eigenvalue weighted by Gasteiger charge is 2.10. The zero-order chi connectivity index (χ0) is 13.9. The highest BCUT2D eigenvalue weighted by Crippen LogP contribution is 2.26. The Hall–Kier alpha value is -1.62. The first-order valence-electron chi connectivity index (χ1n) is 6.46. The third kappa shape index (κ3) is 2.63. The van der Waals surface area contributed by atoms with Gasteiger partial charge >= 0.3 is 0 Å². The van der Waals surface area contributed by atoms with Crippen LogP contribution in [0.15, 0.2) is 59.0 Å². The summed E-state index contributed by atoms with van der Waals surface area (Å²) in [4.78, 5) is 4.53. The summed E-state index contributed by atoms with van der Waals surface area (Å²) in [6, 6.07) is 18.7. The number of nitrogens with zero attached hydrogens (tertiary/aromatic N) is 1. The lowest BCUT2D eigenvalue weighted by Gasteiger charge is -2.02. The fourth-order valence-electron chi connectivity index (χ4n) is 2.11. The molecule has 0 radical (unpaired) electrons. The van der Waals surface area contributed by atoms with Crippen molar-refractivity contribution in [2.45, 2.75) is 11.4 Å². The van der Waals surface area contributed by atoms with Gasteiger partial charge in [-0.1, -0.05) is 65.1 Å². The molecule has 3 heteroatoms. The molecule has 0 N–H and O–H groups in total. The molecule has 1 aromatic heterocycles. The van der Waals surface area contributed by atoms with Gasteiger partial charge < -0.3 is 4.42 Å². The van der Waals surface area contributed by atoms with Crippen molar-refractivity contribution in [3.63, 3.8) is 0 Å². The highest BCUT2D eigenvalue weighted by atomic mass is 127. The molecule has 20 heavy (non-hydrogen) atoms. The number of benzene rings is 2. The van der Waals surface area contributed by atoms with Crippen LogP contribution in [-0.2, 0) is 4.43 Å². The van der Waals surface area contributed by atoms with Gasteiger partial charge in [-0.15, -0.1) is 0 Å². The van der Waals surface area contributed by atoms with Gasteiger partial charge in [0, 0.05) is 9.99 Å². The Labute approximate surface area is 132 Å². The molecule has 100 valence electrons. The molecule has 0 atom stereocenters. The van der Waals surface area contributed by atoms with E-state index in [4.69, 9.17) is 4.42 Å². The number of hydrogen-bond acceptors (Lipinski definition) is 2. The molecule has 0 aliphatic carbocycles. The largest absolute Gasteiger partial charge is 0.441 e. The fourth-order valence-corrected chi connectivity index (χ4v) is 2.82. The summed E-state index contributed by atoms with van der Waals surface area (Å²) in [6.07, 6.45) is 0. The summed E-state index contributed by atoms with van der Waals surface area (Å²) < 4.78 is 6.59. The Morgan fingerprint density at radius 1 is 0.900 bits per heavy atom. The second kappa shape index (κ2) is 5.79. The minimum atomic E-state index is 0.703. The first kappa shape index (κ1) is 13.4. The Morgan fingerprint density at radius 3 is 2.10 bits per heavy atom. The molecule has 3 rings (SSSR count). The van der Waals surface area contributed by atoms with Gasteiger partial charge in [-0.05, 0) is 30.2 Å². The molecule has 2 nitrogen and oxygen atoms in total. The van der Waals surface area contributed by atoms with Crippen molar-refractivity contribution in [2.24, 2.45) is 0 Å². The van der Waals surface area contributed by atoms with Crippen LogP contribution in [0.4, 0.5) is 0 Å². The van der Waals surface area contributed by atoms with Gasteiger partial charge in [-0.3, -0.25) is 0 Å². The topological polar surface area (TPSA) is 26.0 Å². The van der Waals surface area contributed by atoms with E-state index in [1.165, 1.54) is 11.1 Å². The molecule has 0 aliphatic heterocycles. The third-order valence-corrected chi connectivity index (χ3v) is 3.98. The molecule has 0 saturated carbocycles. The van der Waals surface area contributed by atoms with E-state index < -0.39 is 0 Å². The zero-order valence-corrected chi connectivity index (χ0v) is 13.3. The lowest BCUT2D eigenvalue weighted by atomic mass is 10.0. The molecule has 0 aliphatic rings. The van der Waals surface area contributed by atoms with Crippen molar-refractivity contribution in [2.75, 3.05) is 0 Å². The number of halogens is 1. The number of hydrogen-bond donors (Lipinski definition) is 0. The van der Waals surface area contributed by atoms with Crippen LogP contribution in [0.5, 0.6) is 0 Å². The Morgan fingerprint density at radius 2 is 1.50 bits per heavy atom. The average molecular weight is 375 g/mol. The van der Waals surface area contributed by atoms with Gasteiger partial charge in [-0.2, -0.15) is 0 Å².